The third kappa shape index (κ3) is 9.72. The Morgan fingerprint density at radius 1 is 0.690 bits per heavy atom. The second-order valence-corrected chi connectivity index (χ2v) is 7.21. The van der Waals surface area contributed by atoms with Crippen molar-refractivity contribution >= 4 is 5.97 Å². The van der Waals surface area contributed by atoms with E-state index in [0.717, 1.165) is 32.5 Å². The summed E-state index contributed by atoms with van der Waals surface area (Å²) in [5.74, 6) is -0.943. The van der Waals surface area contributed by atoms with Crippen LogP contribution in [0.1, 0.15) is 42.9 Å². The molecular formula is C26H31NO2. The Bertz CT molecular complexity index is 705. The fourth-order valence-corrected chi connectivity index (χ4v) is 3.16. The van der Waals surface area contributed by atoms with Gasteiger partial charge in [0.2, 0.25) is 0 Å². The van der Waals surface area contributed by atoms with Crippen LogP contribution in [0, 0.1) is 0 Å². The van der Waals surface area contributed by atoms with E-state index in [0.29, 0.717) is 0 Å². The summed E-state index contributed by atoms with van der Waals surface area (Å²) in [5, 5.41) is 9.65. The van der Waals surface area contributed by atoms with E-state index in [9.17, 15) is 9.90 Å². The van der Waals surface area contributed by atoms with Crippen molar-refractivity contribution in [2.24, 2.45) is 0 Å². The highest BCUT2D eigenvalue weighted by atomic mass is 16.4. The zero-order valence-corrected chi connectivity index (χ0v) is 17.2. The molecule has 0 amide bonds. The fraction of sp³-hybridized carbons (Fsp3) is 0.269. The molecule has 0 radical (unpaired) electrons. The van der Waals surface area contributed by atoms with E-state index in [1.807, 2.05) is 6.92 Å². The highest BCUT2D eigenvalue weighted by Crippen LogP contribution is 2.01. The van der Waals surface area contributed by atoms with E-state index >= 15 is 0 Å². The molecule has 0 heterocycles. The molecule has 0 aliphatic heterocycles. The third-order valence-electron chi connectivity index (χ3n) is 4.63. The molecule has 0 spiro atoms. The Morgan fingerprint density at radius 2 is 1.03 bits per heavy atom. The molecule has 152 valence electrons. The van der Waals surface area contributed by atoms with Crippen LogP contribution in [0.2, 0.25) is 0 Å². The molecular weight excluding hydrogens is 358 g/mol. The van der Waals surface area contributed by atoms with Crippen LogP contribution in [0.15, 0.2) is 91.0 Å². The monoisotopic (exact) mass is 389 g/mol. The molecule has 3 aromatic rings. The Morgan fingerprint density at radius 3 is 1.28 bits per heavy atom. The first-order valence-corrected chi connectivity index (χ1v) is 10.3. The topological polar surface area (TPSA) is 44.6 Å². The number of carboxylic acids is 1. The summed E-state index contributed by atoms with van der Waals surface area (Å²) >= 11 is 0. The Kier molecular flexibility index (Phi) is 10.3. The van der Waals surface area contributed by atoms with Crippen molar-refractivity contribution in [1.82, 2.24) is 0 Å². The van der Waals surface area contributed by atoms with Crippen molar-refractivity contribution < 1.29 is 14.8 Å². The largest absolute Gasteiger partial charge is 0.550 e. The second kappa shape index (κ2) is 13.3. The maximum Gasteiger partial charge on any atom is 0.103 e. The molecule has 0 saturated carbocycles. The Hall–Kier alpha value is -2.91. The average Bonchev–Trinajstić information content (AvgIpc) is 2.75. The van der Waals surface area contributed by atoms with Gasteiger partial charge >= 0.3 is 0 Å². The molecule has 3 nitrogen and oxygen atoms in total. The van der Waals surface area contributed by atoms with Gasteiger partial charge in [-0.15, -0.1) is 0 Å². The van der Waals surface area contributed by atoms with Gasteiger partial charge in [0.15, 0.2) is 0 Å². The molecule has 0 fully saturated rings. The lowest BCUT2D eigenvalue weighted by Gasteiger charge is -2.20. The van der Waals surface area contributed by atoms with Gasteiger partial charge in [-0.05, 0) is 12.8 Å². The first-order valence-electron chi connectivity index (χ1n) is 10.3. The SMILES string of the molecule is CCCCC(=O)[O-].c1ccc(C[NH+](Cc2ccccc2)Cc2ccccc2)cc1. The molecule has 29 heavy (non-hydrogen) atoms. The van der Waals surface area contributed by atoms with Crippen LogP contribution in [0.5, 0.6) is 0 Å². The van der Waals surface area contributed by atoms with Crippen molar-refractivity contribution in [3.63, 3.8) is 0 Å². The first kappa shape index (κ1) is 22.4. The van der Waals surface area contributed by atoms with Gasteiger partial charge in [-0.3, -0.25) is 0 Å². The zero-order valence-electron chi connectivity index (χ0n) is 17.2. The normalized spacial score (nSPS) is 10.3. The van der Waals surface area contributed by atoms with Crippen molar-refractivity contribution in [3.8, 4) is 0 Å². The summed E-state index contributed by atoms with van der Waals surface area (Å²) in [7, 11) is 0. The number of quaternary nitrogens is 1. The minimum Gasteiger partial charge on any atom is -0.550 e. The summed E-state index contributed by atoms with van der Waals surface area (Å²) in [6.07, 6.45) is 1.87. The highest BCUT2D eigenvalue weighted by Gasteiger charge is 2.11. The van der Waals surface area contributed by atoms with Gasteiger partial charge in [0.1, 0.15) is 19.6 Å². The van der Waals surface area contributed by atoms with Crippen LogP contribution >= 0.6 is 0 Å². The molecule has 0 saturated heterocycles. The standard InChI is InChI=1S/C21H21N.C5H10O2/c1-4-10-19(11-5-1)16-22(17-20-12-6-2-7-13-20)18-21-14-8-3-9-15-21;1-2-3-4-5(6)7/h1-15H,16-18H2;2-4H2,1H3,(H,6,7). The molecule has 3 heteroatoms. The lowest BCUT2D eigenvalue weighted by molar-refractivity contribution is -0.941. The van der Waals surface area contributed by atoms with Crippen LogP contribution in [-0.4, -0.2) is 5.97 Å². The number of carbonyl (C=O) groups is 1. The van der Waals surface area contributed by atoms with Gasteiger partial charge in [-0.1, -0.05) is 104 Å². The quantitative estimate of drug-likeness (QED) is 0.610. The number of aliphatic carboxylic acids is 1. The average molecular weight is 390 g/mol. The van der Waals surface area contributed by atoms with Crippen LogP contribution in [-0.2, 0) is 24.4 Å². The predicted octanol–water partition coefficient (Wildman–Crippen LogP) is 3.40. The van der Waals surface area contributed by atoms with Crippen molar-refractivity contribution in [1.29, 1.82) is 0 Å². The van der Waals surface area contributed by atoms with Crippen LogP contribution < -0.4 is 10.0 Å². The van der Waals surface area contributed by atoms with Crippen molar-refractivity contribution in [2.75, 3.05) is 0 Å². The fourth-order valence-electron chi connectivity index (χ4n) is 3.16. The minimum atomic E-state index is -0.943. The van der Waals surface area contributed by atoms with E-state index in [2.05, 4.69) is 91.0 Å². The minimum absolute atomic E-state index is 0.205. The summed E-state index contributed by atoms with van der Waals surface area (Å²) in [5.41, 5.74) is 4.18. The molecule has 0 aliphatic carbocycles. The van der Waals surface area contributed by atoms with Gasteiger partial charge in [-0.2, -0.15) is 0 Å². The molecule has 0 atom stereocenters. The maximum absolute atomic E-state index is 9.65. The summed E-state index contributed by atoms with van der Waals surface area (Å²) in [4.78, 5) is 11.2. The van der Waals surface area contributed by atoms with E-state index < -0.39 is 5.97 Å². The number of carbonyl (C=O) groups excluding carboxylic acids is 1. The number of hydrogen-bond acceptors (Lipinski definition) is 2. The number of rotatable bonds is 9. The highest BCUT2D eigenvalue weighted by molar-refractivity contribution is 5.63. The van der Waals surface area contributed by atoms with Crippen LogP contribution in [0.4, 0.5) is 0 Å². The lowest BCUT2D eigenvalue weighted by Crippen LogP contribution is -3.08. The van der Waals surface area contributed by atoms with Gasteiger partial charge < -0.3 is 14.8 Å². The smallest absolute Gasteiger partial charge is 0.103 e. The number of hydrogen-bond donors (Lipinski definition) is 1. The summed E-state index contributed by atoms with van der Waals surface area (Å²) in [6, 6.07) is 32.3. The molecule has 1 N–H and O–H groups in total. The molecule has 3 rings (SSSR count). The number of carboxylic acid groups (broad SMARTS) is 1. The van der Waals surface area contributed by atoms with Crippen molar-refractivity contribution in [2.45, 2.75) is 45.8 Å². The summed E-state index contributed by atoms with van der Waals surface area (Å²) in [6.45, 7) is 5.09. The molecule has 0 aliphatic rings. The second-order valence-electron chi connectivity index (χ2n) is 7.21. The third-order valence-corrected chi connectivity index (χ3v) is 4.63. The maximum atomic E-state index is 9.65. The zero-order chi connectivity index (χ0) is 20.7. The van der Waals surface area contributed by atoms with Crippen molar-refractivity contribution in [3.05, 3.63) is 108 Å². The van der Waals surface area contributed by atoms with E-state index in [1.165, 1.54) is 16.7 Å². The van der Waals surface area contributed by atoms with Crippen LogP contribution in [0.25, 0.3) is 0 Å². The van der Waals surface area contributed by atoms with E-state index in [4.69, 9.17) is 0 Å². The lowest BCUT2D eigenvalue weighted by atomic mass is 10.1. The van der Waals surface area contributed by atoms with Gasteiger partial charge in [0.25, 0.3) is 0 Å². The molecule has 0 bridgehead atoms. The Balaban J connectivity index is 0.000000370. The predicted molar refractivity (Wildman–Crippen MR) is 116 cm³/mol. The molecule has 0 unspecified atom stereocenters. The van der Waals surface area contributed by atoms with Gasteiger partial charge in [0.05, 0.1) is 0 Å². The summed E-state index contributed by atoms with van der Waals surface area (Å²) < 4.78 is 0. The van der Waals surface area contributed by atoms with Gasteiger partial charge in [-0.25, -0.2) is 0 Å². The van der Waals surface area contributed by atoms with Crippen LogP contribution in [0.3, 0.4) is 0 Å². The first-order chi connectivity index (χ1) is 14.2. The van der Waals surface area contributed by atoms with E-state index in [1.54, 1.807) is 4.90 Å². The number of unbranched alkanes of at least 4 members (excludes halogenated alkanes) is 1. The van der Waals surface area contributed by atoms with E-state index in [-0.39, 0.29) is 6.42 Å². The molecule has 3 aromatic carbocycles. The Labute approximate surface area is 174 Å². The van der Waals surface area contributed by atoms with Gasteiger partial charge in [0, 0.05) is 22.7 Å². The molecule has 0 aromatic heterocycles. The number of benzene rings is 3. The number of nitrogens with one attached hydrogen (secondary N) is 1.